The molecule has 7 heteroatoms. The van der Waals surface area contributed by atoms with E-state index in [0.717, 1.165) is 13.1 Å². The standard InChI is InChI=1S/C17H20N4O2S/c1-11-8-13-6-7-21(11)9-15(13)19-16(22)12-2-4-14(5-3-12)23-17-20-18-10-24-17/h2-5,10-11,13,15H,6-9H2,1H3,(H,19,22). The van der Waals surface area contributed by atoms with Crippen molar-refractivity contribution in [2.45, 2.75) is 31.8 Å². The number of hydrogen-bond donors (Lipinski definition) is 1. The Balaban J connectivity index is 1.38. The molecule has 3 saturated heterocycles. The molecule has 6 nitrogen and oxygen atoms in total. The number of ether oxygens (including phenoxy) is 1. The molecule has 3 aliphatic heterocycles. The van der Waals surface area contributed by atoms with E-state index in [9.17, 15) is 4.79 Å². The number of hydrogen-bond acceptors (Lipinski definition) is 6. The first kappa shape index (κ1) is 15.5. The van der Waals surface area contributed by atoms with Crippen molar-refractivity contribution in [3.63, 3.8) is 0 Å². The van der Waals surface area contributed by atoms with Gasteiger partial charge in [-0.15, -0.1) is 5.10 Å². The monoisotopic (exact) mass is 344 g/mol. The van der Waals surface area contributed by atoms with Crippen molar-refractivity contribution in [1.82, 2.24) is 20.4 Å². The Morgan fingerprint density at radius 3 is 2.83 bits per heavy atom. The van der Waals surface area contributed by atoms with Gasteiger partial charge in [-0.05, 0) is 56.5 Å². The predicted octanol–water partition coefficient (Wildman–Crippen LogP) is 2.54. The van der Waals surface area contributed by atoms with Crippen LogP contribution in [0.15, 0.2) is 29.8 Å². The van der Waals surface area contributed by atoms with E-state index in [0.29, 0.717) is 28.5 Å². The molecule has 0 saturated carbocycles. The maximum Gasteiger partial charge on any atom is 0.299 e. The first-order chi connectivity index (χ1) is 11.7. The molecule has 1 N–H and O–H groups in total. The average molecular weight is 344 g/mol. The van der Waals surface area contributed by atoms with Gasteiger partial charge in [0.1, 0.15) is 11.3 Å². The molecule has 2 aromatic rings. The molecule has 0 radical (unpaired) electrons. The minimum Gasteiger partial charge on any atom is -0.430 e. The summed E-state index contributed by atoms with van der Waals surface area (Å²) in [5, 5.41) is 11.3. The molecule has 0 aliphatic carbocycles. The summed E-state index contributed by atoms with van der Waals surface area (Å²) in [4.78, 5) is 15.0. The lowest BCUT2D eigenvalue weighted by atomic mass is 9.80. The van der Waals surface area contributed by atoms with E-state index >= 15 is 0 Å². The van der Waals surface area contributed by atoms with Crippen LogP contribution < -0.4 is 10.1 Å². The summed E-state index contributed by atoms with van der Waals surface area (Å²) >= 11 is 1.33. The maximum atomic E-state index is 12.5. The molecule has 0 spiro atoms. The van der Waals surface area contributed by atoms with Gasteiger partial charge in [-0.1, -0.05) is 16.4 Å². The fourth-order valence-corrected chi connectivity index (χ4v) is 4.12. The lowest BCUT2D eigenvalue weighted by Gasteiger charge is -2.48. The lowest BCUT2D eigenvalue weighted by Crippen LogP contribution is -2.60. The van der Waals surface area contributed by atoms with Gasteiger partial charge in [0.2, 0.25) is 0 Å². The van der Waals surface area contributed by atoms with Crippen LogP contribution in [0.5, 0.6) is 10.9 Å². The minimum atomic E-state index is -0.0103. The molecule has 1 aromatic heterocycles. The Hall–Kier alpha value is -1.99. The van der Waals surface area contributed by atoms with Crippen molar-refractivity contribution in [1.29, 1.82) is 0 Å². The zero-order valence-electron chi connectivity index (χ0n) is 13.5. The largest absolute Gasteiger partial charge is 0.430 e. The third-order valence-corrected chi connectivity index (χ3v) is 5.60. The number of nitrogens with one attached hydrogen (secondary N) is 1. The third-order valence-electron chi connectivity index (χ3n) is 5.03. The summed E-state index contributed by atoms with van der Waals surface area (Å²) in [5.74, 6) is 1.25. The number of nitrogens with zero attached hydrogens (tertiary/aromatic N) is 3. The number of amides is 1. The summed E-state index contributed by atoms with van der Waals surface area (Å²) in [6, 6.07) is 8.06. The topological polar surface area (TPSA) is 67.4 Å². The zero-order valence-corrected chi connectivity index (χ0v) is 14.3. The van der Waals surface area contributed by atoms with E-state index in [4.69, 9.17) is 4.74 Å². The van der Waals surface area contributed by atoms with Crippen LogP contribution in [0.3, 0.4) is 0 Å². The van der Waals surface area contributed by atoms with Gasteiger partial charge in [-0.2, -0.15) is 0 Å². The number of aromatic nitrogens is 2. The van der Waals surface area contributed by atoms with Crippen LogP contribution in [-0.4, -0.2) is 46.2 Å². The van der Waals surface area contributed by atoms with Gasteiger partial charge >= 0.3 is 0 Å². The molecule has 4 atom stereocenters. The smallest absolute Gasteiger partial charge is 0.299 e. The van der Waals surface area contributed by atoms with Crippen LogP contribution >= 0.6 is 11.3 Å². The second-order valence-corrected chi connectivity index (χ2v) is 7.34. The number of benzene rings is 1. The van der Waals surface area contributed by atoms with Crippen LogP contribution in [0.25, 0.3) is 0 Å². The van der Waals surface area contributed by atoms with Gasteiger partial charge in [0, 0.05) is 24.2 Å². The highest BCUT2D eigenvalue weighted by molar-refractivity contribution is 7.11. The van der Waals surface area contributed by atoms with Gasteiger partial charge in [-0.3, -0.25) is 9.69 Å². The first-order valence-electron chi connectivity index (χ1n) is 8.28. The van der Waals surface area contributed by atoms with Crippen molar-refractivity contribution in [3.05, 3.63) is 35.3 Å². The van der Waals surface area contributed by atoms with Crippen LogP contribution in [0.2, 0.25) is 0 Å². The maximum absolute atomic E-state index is 12.5. The van der Waals surface area contributed by atoms with E-state index in [1.165, 1.54) is 24.2 Å². The molecule has 1 aromatic carbocycles. The SMILES string of the molecule is CC1CC2CCN1CC2NC(=O)c1ccc(Oc2nncs2)cc1. The number of rotatable bonds is 4. The normalized spacial score (nSPS) is 28.5. The first-order valence-corrected chi connectivity index (χ1v) is 9.16. The molecule has 1 amide bonds. The number of fused-ring (bicyclic) bond motifs is 3. The molecular weight excluding hydrogens is 324 g/mol. The molecule has 3 aliphatic rings. The molecule has 4 heterocycles. The highest BCUT2D eigenvalue weighted by Gasteiger charge is 2.38. The molecule has 3 fully saturated rings. The molecule has 4 unspecified atom stereocenters. The Kier molecular flexibility index (Phi) is 4.20. The van der Waals surface area contributed by atoms with Gasteiger partial charge < -0.3 is 10.1 Å². The van der Waals surface area contributed by atoms with Crippen molar-refractivity contribution in [2.24, 2.45) is 5.92 Å². The van der Waals surface area contributed by atoms with Crippen molar-refractivity contribution < 1.29 is 9.53 Å². The number of carbonyl (C=O) groups is 1. The summed E-state index contributed by atoms with van der Waals surface area (Å²) in [6.45, 7) is 4.41. The summed E-state index contributed by atoms with van der Waals surface area (Å²) < 4.78 is 5.56. The Bertz CT molecular complexity index is 704. The van der Waals surface area contributed by atoms with Gasteiger partial charge in [0.25, 0.3) is 11.1 Å². The van der Waals surface area contributed by atoms with Crippen LogP contribution in [0.4, 0.5) is 0 Å². The van der Waals surface area contributed by atoms with Crippen molar-refractivity contribution in [3.8, 4) is 10.9 Å². The van der Waals surface area contributed by atoms with Gasteiger partial charge in [-0.25, -0.2) is 0 Å². The Morgan fingerprint density at radius 1 is 1.38 bits per heavy atom. The molecule has 5 rings (SSSR count). The second-order valence-electron chi connectivity index (χ2n) is 6.54. The summed E-state index contributed by atoms with van der Waals surface area (Å²) in [6.07, 6.45) is 2.36. The Labute approximate surface area is 144 Å². The molecule has 24 heavy (non-hydrogen) atoms. The van der Waals surface area contributed by atoms with Gasteiger partial charge in [0.05, 0.1) is 0 Å². The quantitative estimate of drug-likeness (QED) is 0.923. The number of piperidine rings is 3. The number of carbonyl (C=O) groups excluding carboxylic acids is 1. The van der Waals surface area contributed by atoms with Crippen molar-refractivity contribution >= 4 is 17.2 Å². The Morgan fingerprint density at radius 2 is 2.21 bits per heavy atom. The second kappa shape index (κ2) is 6.49. The molecule has 2 bridgehead atoms. The zero-order chi connectivity index (χ0) is 16.5. The highest BCUT2D eigenvalue weighted by Crippen LogP contribution is 2.32. The third kappa shape index (κ3) is 3.14. The summed E-state index contributed by atoms with van der Waals surface area (Å²) in [7, 11) is 0. The van der Waals surface area contributed by atoms with Crippen molar-refractivity contribution in [2.75, 3.05) is 13.1 Å². The van der Waals surface area contributed by atoms with E-state index in [1.54, 1.807) is 29.8 Å². The van der Waals surface area contributed by atoms with Crippen LogP contribution in [0, 0.1) is 5.92 Å². The van der Waals surface area contributed by atoms with Gasteiger partial charge in [0.15, 0.2) is 0 Å². The molecular formula is C17H20N4O2S. The fraction of sp³-hybridized carbons (Fsp3) is 0.471. The van der Waals surface area contributed by atoms with E-state index in [-0.39, 0.29) is 11.9 Å². The average Bonchev–Trinajstić information content (AvgIpc) is 3.09. The highest BCUT2D eigenvalue weighted by atomic mass is 32.1. The predicted molar refractivity (Wildman–Crippen MR) is 91.4 cm³/mol. The lowest BCUT2D eigenvalue weighted by molar-refractivity contribution is 0.0274. The fourth-order valence-electron chi connectivity index (χ4n) is 3.69. The van der Waals surface area contributed by atoms with E-state index in [1.807, 2.05) is 0 Å². The van der Waals surface area contributed by atoms with Crippen LogP contribution in [-0.2, 0) is 0 Å². The van der Waals surface area contributed by atoms with E-state index in [2.05, 4.69) is 27.3 Å². The minimum absolute atomic E-state index is 0.0103. The summed E-state index contributed by atoms with van der Waals surface area (Å²) in [5.41, 5.74) is 2.27. The molecule has 126 valence electrons. The van der Waals surface area contributed by atoms with E-state index < -0.39 is 0 Å². The van der Waals surface area contributed by atoms with Crippen LogP contribution in [0.1, 0.15) is 30.1 Å².